The van der Waals surface area contributed by atoms with E-state index >= 15 is 0 Å². The number of nitrogens with one attached hydrogen (secondary N) is 1. The van der Waals surface area contributed by atoms with Crippen LogP contribution >= 0.6 is 11.6 Å². The van der Waals surface area contributed by atoms with Gasteiger partial charge in [0.15, 0.2) is 0 Å². The first-order valence-electron chi connectivity index (χ1n) is 7.54. The summed E-state index contributed by atoms with van der Waals surface area (Å²) < 4.78 is 10.4. The number of halogens is 1. The highest BCUT2D eigenvalue weighted by Crippen LogP contribution is 2.29. The number of benzene rings is 1. The van der Waals surface area contributed by atoms with Crippen LogP contribution in [0.15, 0.2) is 18.2 Å². The summed E-state index contributed by atoms with van der Waals surface area (Å²) in [6.45, 7) is 2.81. The first kappa shape index (κ1) is 17.6. The van der Waals surface area contributed by atoms with E-state index in [4.69, 9.17) is 21.1 Å². The van der Waals surface area contributed by atoms with Crippen molar-refractivity contribution >= 4 is 29.1 Å². The minimum atomic E-state index is -0.365. The molecule has 1 aromatic rings. The molecule has 1 heterocycles. The molecule has 1 unspecified atom stereocenters. The monoisotopic (exact) mass is 340 g/mol. The average molecular weight is 341 g/mol. The Kier molecular flexibility index (Phi) is 6.24. The van der Waals surface area contributed by atoms with Crippen molar-refractivity contribution in [2.75, 3.05) is 31.7 Å². The molecule has 0 aromatic heterocycles. The number of carbonyl (C=O) groups is 2. The highest BCUT2D eigenvalue weighted by atomic mass is 35.5. The molecule has 0 aliphatic carbocycles. The zero-order chi connectivity index (χ0) is 16.8. The van der Waals surface area contributed by atoms with Gasteiger partial charge in [-0.3, -0.25) is 9.59 Å². The number of carbonyl (C=O) groups excluding carboxylic acids is 2. The number of hydrogen-bond donors (Lipinski definition) is 1. The van der Waals surface area contributed by atoms with E-state index in [9.17, 15) is 9.59 Å². The van der Waals surface area contributed by atoms with E-state index < -0.39 is 0 Å². The third-order valence-electron chi connectivity index (χ3n) is 3.68. The minimum Gasteiger partial charge on any atom is -0.495 e. The Labute approximate surface area is 140 Å². The SMILES string of the molecule is COc1ccc(N(CCNC(=O)C2CCCO2)C(C)=O)cc1Cl. The maximum atomic E-state index is 11.9. The Balaban J connectivity index is 1.94. The predicted molar refractivity (Wildman–Crippen MR) is 88.0 cm³/mol. The van der Waals surface area contributed by atoms with Gasteiger partial charge in [-0.05, 0) is 31.0 Å². The lowest BCUT2D eigenvalue weighted by atomic mass is 10.2. The topological polar surface area (TPSA) is 67.9 Å². The smallest absolute Gasteiger partial charge is 0.249 e. The molecule has 0 radical (unpaired) electrons. The van der Waals surface area contributed by atoms with Gasteiger partial charge < -0.3 is 19.7 Å². The lowest BCUT2D eigenvalue weighted by Gasteiger charge is -2.22. The van der Waals surface area contributed by atoms with Crippen LogP contribution in [-0.4, -0.2) is 44.7 Å². The molecule has 1 fully saturated rings. The summed E-state index contributed by atoms with van der Waals surface area (Å²) >= 11 is 6.10. The fourth-order valence-electron chi connectivity index (χ4n) is 2.48. The van der Waals surface area contributed by atoms with E-state index in [2.05, 4.69) is 5.32 Å². The van der Waals surface area contributed by atoms with Gasteiger partial charge in [0.05, 0.1) is 12.1 Å². The molecule has 23 heavy (non-hydrogen) atoms. The molecule has 0 saturated carbocycles. The van der Waals surface area contributed by atoms with Crippen LogP contribution in [0.3, 0.4) is 0 Å². The zero-order valence-electron chi connectivity index (χ0n) is 13.3. The first-order valence-corrected chi connectivity index (χ1v) is 7.91. The second kappa shape index (κ2) is 8.17. The maximum absolute atomic E-state index is 11.9. The van der Waals surface area contributed by atoms with Crippen molar-refractivity contribution in [3.05, 3.63) is 23.2 Å². The Hall–Kier alpha value is -1.79. The van der Waals surface area contributed by atoms with Gasteiger partial charge in [0.25, 0.3) is 0 Å². The van der Waals surface area contributed by atoms with Crippen LogP contribution in [0.25, 0.3) is 0 Å². The van der Waals surface area contributed by atoms with Crippen molar-refractivity contribution in [3.8, 4) is 5.75 Å². The molecule has 2 rings (SSSR count). The van der Waals surface area contributed by atoms with Gasteiger partial charge in [-0.25, -0.2) is 0 Å². The molecular weight excluding hydrogens is 320 g/mol. The Bertz CT molecular complexity index is 573. The molecule has 1 aliphatic heterocycles. The van der Waals surface area contributed by atoms with Crippen LogP contribution < -0.4 is 15.0 Å². The second-order valence-electron chi connectivity index (χ2n) is 5.28. The van der Waals surface area contributed by atoms with Gasteiger partial charge in [-0.2, -0.15) is 0 Å². The molecule has 6 nitrogen and oxygen atoms in total. The van der Waals surface area contributed by atoms with Crippen LogP contribution in [0.5, 0.6) is 5.75 Å². The molecule has 1 aliphatic rings. The molecular formula is C16H21ClN2O4. The highest BCUT2D eigenvalue weighted by molar-refractivity contribution is 6.32. The normalized spacial score (nSPS) is 16.9. The number of methoxy groups -OCH3 is 1. The summed E-state index contributed by atoms with van der Waals surface area (Å²) in [5, 5.41) is 3.23. The van der Waals surface area contributed by atoms with Gasteiger partial charge >= 0.3 is 0 Å². The molecule has 1 saturated heterocycles. The largest absolute Gasteiger partial charge is 0.495 e. The van der Waals surface area contributed by atoms with Crippen molar-refractivity contribution in [2.24, 2.45) is 0 Å². The van der Waals surface area contributed by atoms with Crippen molar-refractivity contribution in [3.63, 3.8) is 0 Å². The number of amides is 2. The molecule has 0 spiro atoms. The summed E-state index contributed by atoms with van der Waals surface area (Å²) in [7, 11) is 1.53. The number of ether oxygens (including phenoxy) is 2. The van der Waals surface area contributed by atoms with E-state index in [0.29, 0.717) is 36.2 Å². The lowest BCUT2D eigenvalue weighted by Crippen LogP contribution is -2.41. The first-order chi connectivity index (χ1) is 11.0. The van der Waals surface area contributed by atoms with E-state index in [0.717, 1.165) is 12.8 Å². The fourth-order valence-corrected chi connectivity index (χ4v) is 2.73. The zero-order valence-corrected chi connectivity index (χ0v) is 14.1. The van der Waals surface area contributed by atoms with Gasteiger partial charge in [0, 0.05) is 32.3 Å². The van der Waals surface area contributed by atoms with Gasteiger partial charge in [0.2, 0.25) is 11.8 Å². The molecule has 1 N–H and O–H groups in total. The molecule has 0 bridgehead atoms. The van der Waals surface area contributed by atoms with Crippen LogP contribution in [0.2, 0.25) is 5.02 Å². The van der Waals surface area contributed by atoms with Crippen molar-refractivity contribution in [2.45, 2.75) is 25.9 Å². The third kappa shape index (κ3) is 4.59. The number of nitrogens with zero attached hydrogens (tertiary/aromatic N) is 1. The number of hydrogen-bond acceptors (Lipinski definition) is 4. The summed E-state index contributed by atoms with van der Waals surface area (Å²) in [6, 6.07) is 5.14. The average Bonchev–Trinajstić information content (AvgIpc) is 3.05. The quantitative estimate of drug-likeness (QED) is 0.860. The summed E-state index contributed by atoms with van der Waals surface area (Å²) in [5.74, 6) is 0.293. The molecule has 2 amide bonds. The van der Waals surface area contributed by atoms with Crippen LogP contribution in [0.1, 0.15) is 19.8 Å². The van der Waals surface area contributed by atoms with Crippen molar-refractivity contribution in [1.29, 1.82) is 0 Å². The Morgan fingerprint density at radius 3 is 2.83 bits per heavy atom. The molecule has 7 heteroatoms. The van der Waals surface area contributed by atoms with Crippen LogP contribution in [-0.2, 0) is 14.3 Å². The molecule has 126 valence electrons. The fraction of sp³-hybridized carbons (Fsp3) is 0.500. The van der Waals surface area contributed by atoms with Gasteiger partial charge in [-0.15, -0.1) is 0 Å². The highest BCUT2D eigenvalue weighted by Gasteiger charge is 2.23. The standard InChI is InChI=1S/C16H21ClN2O4/c1-11(20)19(12-5-6-14(22-2)13(17)10-12)8-7-18-16(21)15-4-3-9-23-15/h5-6,10,15H,3-4,7-9H2,1-2H3,(H,18,21). The van der Waals surface area contributed by atoms with Crippen LogP contribution in [0, 0.1) is 0 Å². The summed E-state index contributed by atoms with van der Waals surface area (Å²) in [4.78, 5) is 25.3. The molecule has 1 aromatic carbocycles. The van der Waals surface area contributed by atoms with E-state index in [1.54, 1.807) is 23.1 Å². The third-order valence-corrected chi connectivity index (χ3v) is 3.98. The minimum absolute atomic E-state index is 0.126. The van der Waals surface area contributed by atoms with E-state index in [1.165, 1.54) is 14.0 Å². The van der Waals surface area contributed by atoms with E-state index in [-0.39, 0.29) is 17.9 Å². The van der Waals surface area contributed by atoms with E-state index in [1.807, 2.05) is 0 Å². The predicted octanol–water partition coefficient (Wildman–Crippen LogP) is 2.00. The Morgan fingerprint density at radius 1 is 1.48 bits per heavy atom. The van der Waals surface area contributed by atoms with Gasteiger partial charge in [0.1, 0.15) is 11.9 Å². The lowest BCUT2D eigenvalue weighted by molar-refractivity contribution is -0.130. The summed E-state index contributed by atoms with van der Waals surface area (Å²) in [5.41, 5.74) is 0.662. The maximum Gasteiger partial charge on any atom is 0.249 e. The van der Waals surface area contributed by atoms with Gasteiger partial charge in [-0.1, -0.05) is 11.6 Å². The number of anilines is 1. The van der Waals surface area contributed by atoms with Crippen molar-refractivity contribution in [1.82, 2.24) is 5.32 Å². The Morgan fingerprint density at radius 2 is 2.26 bits per heavy atom. The second-order valence-corrected chi connectivity index (χ2v) is 5.69. The number of rotatable bonds is 6. The summed E-state index contributed by atoms with van der Waals surface area (Å²) in [6.07, 6.45) is 1.29. The molecule has 1 atom stereocenters. The van der Waals surface area contributed by atoms with Crippen LogP contribution in [0.4, 0.5) is 5.69 Å². The van der Waals surface area contributed by atoms with Crippen molar-refractivity contribution < 1.29 is 19.1 Å².